The van der Waals surface area contributed by atoms with Gasteiger partial charge in [0.15, 0.2) is 0 Å². The Balaban J connectivity index is 2.48. The molecule has 1 heterocycles. The van der Waals surface area contributed by atoms with Gasteiger partial charge in [-0.05, 0) is 46.4 Å². The van der Waals surface area contributed by atoms with Gasteiger partial charge in [0.05, 0.1) is 15.5 Å². The van der Waals surface area contributed by atoms with Gasteiger partial charge in [0.2, 0.25) is 0 Å². The minimum Gasteiger partial charge on any atom is -0.240 e. The number of hydrogen-bond donors (Lipinski definition) is 0. The van der Waals surface area contributed by atoms with Crippen LogP contribution in [0.1, 0.15) is 5.56 Å². The Hall–Kier alpha value is -0.620. The predicted octanol–water partition coefficient (Wildman–Crippen LogP) is 3.35. The van der Waals surface area contributed by atoms with Gasteiger partial charge in [0.1, 0.15) is 5.82 Å². The molecule has 2 aromatic rings. The molecule has 0 unspecified atom stereocenters. The minimum atomic E-state index is -0.298. The molecule has 0 atom stereocenters. The molecule has 0 bridgehead atoms. The van der Waals surface area contributed by atoms with Crippen molar-refractivity contribution in [2.45, 2.75) is 5.88 Å². The molecule has 0 saturated heterocycles. The molecule has 0 aliphatic rings. The minimum absolute atomic E-state index is 0.295. The molecule has 5 heteroatoms. The van der Waals surface area contributed by atoms with Gasteiger partial charge in [0, 0.05) is 12.1 Å². The highest BCUT2D eigenvalue weighted by Gasteiger charge is 2.03. The summed E-state index contributed by atoms with van der Waals surface area (Å²) in [5.74, 6) is -0.00278. The van der Waals surface area contributed by atoms with Gasteiger partial charge in [-0.1, -0.05) is 0 Å². The van der Waals surface area contributed by atoms with Crippen molar-refractivity contribution in [3.05, 3.63) is 45.5 Å². The van der Waals surface area contributed by atoms with E-state index < -0.39 is 0 Å². The van der Waals surface area contributed by atoms with Crippen LogP contribution in [-0.4, -0.2) is 9.78 Å². The van der Waals surface area contributed by atoms with Crippen LogP contribution in [0, 0.1) is 9.39 Å². The molecule has 0 saturated carbocycles. The maximum atomic E-state index is 13.2. The number of hydrogen-bond acceptors (Lipinski definition) is 1. The summed E-state index contributed by atoms with van der Waals surface area (Å²) in [6, 6.07) is 4.67. The molecule has 1 aromatic carbocycles. The molecule has 0 N–H and O–H groups in total. The highest BCUT2D eigenvalue weighted by Crippen LogP contribution is 2.15. The summed E-state index contributed by atoms with van der Waals surface area (Å²) in [4.78, 5) is 0. The van der Waals surface area contributed by atoms with Crippen LogP contribution in [0.15, 0.2) is 30.6 Å². The third-order valence-electron chi connectivity index (χ3n) is 1.91. The highest BCUT2D eigenvalue weighted by molar-refractivity contribution is 14.1. The zero-order chi connectivity index (χ0) is 10.8. The second-order valence-electron chi connectivity index (χ2n) is 3.05. The van der Waals surface area contributed by atoms with Gasteiger partial charge in [-0.3, -0.25) is 0 Å². The molecular formula is C10H7ClFIN2. The van der Waals surface area contributed by atoms with Crippen LogP contribution in [0.25, 0.3) is 5.69 Å². The second kappa shape index (κ2) is 4.49. The smallest absolute Gasteiger partial charge is 0.125 e. The molecule has 2 nitrogen and oxygen atoms in total. The second-order valence-corrected chi connectivity index (χ2v) is 4.57. The number of halogens is 3. The normalized spacial score (nSPS) is 10.6. The predicted molar refractivity (Wildman–Crippen MR) is 65.8 cm³/mol. The summed E-state index contributed by atoms with van der Waals surface area (Å²) >= 11 is 7.82. The molecule has 0 aliphatic heterocycles. The summed E-state index contributed by atoms with van der Waals surface area (Å²) in [6.07, 6.45) is 3.54. The van der Waals surface area contributed by atoms with Crippen molar-refractivity contribution in [1.29, 1.82) is 0 Å². The van der Waals surface area contributed by atoms with Crippen LogP contribution in [0.4, 0.5) is 4.39 Å². The van der Waals surface area contributed by atoms with Crippen LogP contribution < -0.4 is 0 Å². The number of benzene rings is 1. The third-order valence-corrected chi connectivity index (χ3v) is 2.78. The van der Waals surface area contributed by atoms with Crippen LogP contribution in [0.5, 0.6) is 0 Å². The fourth-order valence-corrected chi connectivity index (χ4v) is 1.83. The maximum Gasteiger partial charge on any atom is 0.125 e. The summed E-state index contributed by atoms with van der Waals surface area (Å²) in [5.41, 5.74) is 1.44. The Bertz CT molecular complexity index is 484. The van der Waals surface area contributed by atoms with E-state index in [0.29, 0.717) is 11.6 Å². The number of aromatic nitrogens is 2. The van der Waals surface area contributed by atoms with Gasteiger partial charge in [-0.25, -0.2) is 9.07 Å². The number of nitrogens with zero attached hydrogens (tertiary/aromatic N) is 2. The molecule has 0 radical (unpaired) electrons. The van der Waals surface area contributed by atoms with Gasteiger partial charge in [0.25, 0.3) is 0 Å². The molecular weight excluding hydrogens is 329 g/mol. The van der Waals surface area contributed by atoms with Gasteiger partial charge < -0.3 is 0 Å². The van der Waals surface area contributed by atoms with E-state index in [-0.39, 0.29) is 5.82 Å². The summed E-state index contributed by atoms with van der Waals surface area (Å²) < 4.78 is 15.8. The molecule has 1 aromatic heterocycles. The summed E-state index contributed by atoms with van der Waals surface area (Å²) in [7, 11) is 0. The van der Waals surface area contributed by atoms with Crippen molar-refractivity contribution in [3.8, 4) is 5.69 Å². The van der Waals surface area contributed by atoms with E-state index >= 15 is 0 Å². The standard InChI is InChI=1S/C10H7ClFIN2/c11-4-7-1-8(12)3-10(2-7)15-6-9(13)5-14-15/h1-3,5-6H,4H2. The van der Waals surface area contributed by atoms with Crippen molar-refractivity contribution >= 4 is 34.2 Å². The van der Waals surface area contributed by atoms with E-state index in [1.807, 2.05) is 12.3 Å². The molecule has 0 fully saturated rings. The average molecular weight is 337 g/mol. The van der Waals surface area contributed by atoms with Gasteiger partial charge >= 0.3 is 0 Å². The van der Waals surface area contributed by atoms with E-state index in [2.05, 4.69) is 27.7 Å². The van der Waals surface area contributed by atoms with Gasteiger partial charge in [-0.2, -0.15) is 5.10 Å². The van der Waals surface area contributed by atoms with Crippen LogP contribution in [-0.2, 0) is 5.88 Å². The van der Waals surface area contributed by atoms with Crippen molar-refractivity contribution in [3.63, 3.8) is 0 Å². The van der Waals surface area contributed by atoms with Crippen molar-refractivity contribution < 1.29 is 4.39 Å². The topological polar surface area (TPSA) is 17.8 Å². The molecule has 0 spiro atoms. The molecule has 78 valence electrons. The molecule has 0 amide bonds. The van der Waals surface area contributed by atoms with E-state index in [1.165, 1.54) is 12.1 Å². The van der Waals surface area contributed by atoms with Crippen LogP contribution in [0.3, 0.4) is 0 Å². The largest absolute Gasteiger partial charge is 0.240 e. The molecule has 2 rings (SSSR count). The van der Waals surface area contributed by atoms with Gasteiger partial charge in [-0.15, -0.1) is 11.6 Å². The fraction of sp³-hybridized carbons (Fsp3) is 0.100. The first-order chi connectivity index (χ1) is 7.19. The average Bonchev–Trinajstić information content (AvgIpc) is 2.64. The molecule has 15 heavy (non-hydrogen) atoms. The van der Waals surface area contributed by atoms with E-state index in [0.717, 1.165) is 9.13 Å². The number of rotatable bonds is 2. The third kappa shape index (κ3) is 2.49. The maximum absolute atomic E-state index is 13.2. The Morgan fingerprint density at radius 2 is 2.20 bits per heavy atom. The summed E-state index contributed by atoms with van der Waals surface area (Å²) in [6.45, 7) is 0. The Morgan fingerprint density at radius 1 is 1.40 bits per heavy atom. The first-order valence-electron chi connectivity index (χ1n) is 4.25. The highest BCUT2D eigenvalue weighted by atomic mass is 127. The Kier molecular flexibility index (Phi) is 3.25. The van der Waals surface area contributed by atoms with Crippen LogP contribution >= 0.6 is 34.2 Å². The van der Waals surface area contributed by atoms with E-state index in [9.17, 15) is 4.39 Å². The van der Waals surface area contributed by atoms with Crippen LogP contribution in [0.2, 0.25) is 0 Å². The van der Waals surface area contributed by atoms with Crippen molar-refractivity contribution in [1.82, 2.24) is 9.78 Å². The zero-order valence-corrected chi connectivity index (χ0v) is 10.5. The lowest BCUT2D eigenvalue weighted by atomic mass is 10.2. The fourth-order valence-electron chi connectivity index (χ4n) is 1.28. The Morgan fingerprint density at radius 3 is 2.80 bits per heavy atom. The quantitative estimate of drug-likeness (QED) is 0.607. The monoisotopic (exact) mass is 336 g/mol. The van der Waals surface area contributed by atoms with E-state index in [4.69, 9.17) is 11.6 Å². The Labute approximate surface area is 105 Å². The lowest BCUT2D eigenvalue weighted by Gasteiger charge is -2.03. The number of alkyl halides is 1. The summed E-state index contributed by atoms with van der Waals surface area (Å²) in [5, 5.41) is 4.10. The van der Waals surface area contributed by atoms with Crippen molar-refractivity contribution in [2.24, 2.45) is 0 Å². The lowest BCUT2D eigenvalue weighted by molar-refractivity contribution is 0.624. The first kappa shape index (κ1) is 10.9. The molecule has 0 aliphatic carbocycles. The van der Waals surface area contributed by atoms with E-state index in [1.54, 1.807) is 10.9 Å². The first-order valence-corrected chi connectivity index (χ1v) is 5.86. The SMILES string of the molecule is Fc1cc(CCl)cc(-n2cc(I)cn2)c1. The lowest BCUT2D eigenvalue weighted by Crippen LogP contribution is -1.96. The zero-order valence-electron chi connectivity index (χ0n) is 7.62. The van der Waals surface area contributed by atoms with Crippen molar-refractivity contribution in [2.75, 3.05) is 0 Å².